The van der Waals surface area contributed by atoms with Gasteiger partial charge in [-0.1, -0.05) is 97.1 Å². The van der Waals surface area contributed by atoms with Crippen LogP contribution in [0.4, 0.5) is 0 Å². The number of hydrogen-bond donors (Lipinski definition) is 0. The van der Waals surface area contributed by atoms with Gasteiger partial charge in [-0.2, -0.15) is 0 Å². The summed E-state index contributed by atoms with van der Waals surface area (Å²) >= 11 is 0. The molecule has 0 amide bonds. The van der Waals surface area contributed by atoms with Gasteiger partial charge in [-0.05, 0) is 52.0 Å². The quantitative estimate of drug-likeness (QED) is 0.512. The summed E-state index contributed by atoms with van der Waals surface area (Å²) in [5, 5.41) is 0. The average Bonchev–Trinajstić information content (AvgIpc) is 2.66. The van der Waals surface area contributed by atoms with Crippen molar-refractivity contribution < 1.29 is 0 Å². The summed E-state index contributed by atoms with van der Waals surface area (Å²) in [6, 6.07) is 29.8. The van der Waals surface area contributed by atoms with Crippen LogP contribution in [0.2, 0.25) is 0 Å². The molecule has 1 aliphatic rings. The first-order chi connectivity index (χ1) is 12.2. The second-order valence-electron chi connectivity index (χ2n) is 6.43. The van der Waals surface area contributed by atoms with Crippen LogP contribution in [0.25, 0.3) is 17.2 Å². The van der Waals surface area contributed by atoms with Crippen molar-refractivity contribution in [2.75, 3.05) is 0 Å². The summed E-state index contributed by atoms with van der Waals surface area (Å²) in [6.07, 6.45) is 2.25. The van der Waals surface area contributed by atoms with E-state index >= 15 is 0 Å². The maximum Gasteiger partial charge on any atom is -0.00206 e. The molecule has 4 rings (SSSR count). The van der Waals surface area contributed by atoms with Crippen LogP contribution in [-0.2, 0) is 0 Å². The molecule has 0 atom stereocenters. The molecule has 0 heteroatoms. The second kappa shape index (κ2) is 6.41. The third kappa shape index (κ3) is 2.88. The molecule has 0 bridgehead atoms. The predicted molar refractivity (Wildman–Crippen MR) is 108 cm³/mol. The maximum atomic E-state index is 4.36. The third-order valence-corrected chi connectivity index (χ3v) is 4.66. The molecule has 0 fully saturated rings. The Morgan fingerprint density at radius 3 is 1.72 bits per heavy atom. The molecule has 120 valence electrons. The molecule has 0 heterocycles. The van der Waals surface area contributed by atoms with Crippen molar-refractivity contribution in [2.45, 2.75) is 6.92 Å². The summed E-state index contributed by atoms with van der Waals surface area (Å²) in [4.78, 5) is 0. The highest BCUT2D eigenvalue weighted by atomic mass is 14.3. The predicted octanol–water partition coefficient (Wildman–Crippen LogP) is 6.56. The van der Waals surface area contributed by atoms with Gasteiger partial charge in [-0.15, -0.1) is 0 Å². The fraction of sp³-hybridized carbons (Fsp3) is 0.0400. The maximum absolute atomic E-state index is 4.36. The zero-order valence-electron chi connectivity index (χ0n) is 14.4. The minimum Gasteiger partial charge on any atom is -0.0905 e. The lowest BCUT2D eigenvalue weighted by Crippen LogP contribution is -2.10. The minimum atomic E-state index is 1.12. The first-order valence-corrected chi connectivity index (χ1v) is 8.57. The second-order valence-corrected chi connectivity index (χ2v) is 6.43. The zero-order valence-corrected chi connectivity index (χ0v) is 14.4. The molecule has 3 aromatic rings. The highest BCUT2D eigenvalue weighted by Crippen LogP contribution is 2.50. The Hall–Kier alpha value is -3.12. The van der Waals surface area contributed by atoms with Gasteiger partial charge in [0, 0.05) is 0 Å². The summed E-state index contributed by atoms with van der Waals surface area (Å²) in [5.41, 5.74) is 9.85. The SMILES string of the molecule is C=C1C(c2ccccc2)=C(c2ccccc2)/C1=C/c1ccc(C)cc1. The van der Waals surface area contributed by atoms with E-state index in [4.69, 9.17) is 0 Å². The van der Waals surface area contributed by atoms with Crippen molar-refractivity contribution in [1.29, 1.82) is 0 Å². The van der Waals surface area contributed by atoms with Crippen LogP contribution >= 0.6 is 0 Å². The van der Waals surface area contributed by atoms with E-state index in [1.165, 1.54) is 39.0 Å². The van der Waals surface area contributed by atoms with E-state index in [9.17, 15) is 0 Å². The smallest absolute Gasteiger partial charge is 0.00206 e. The summed E-state index contributed by atoms with van der Waals surface area (Å²) in [7, 11) is 0. The Bertz CT molecular complexity index is 969. The molecule has 0 radical (unpaired) electrons. The molecule has 3 aromatic carbocycles. The highest BCUT2D eigenvalue weighted by Gasteiger charge is 2.29. The number of rotatable bonds is 3. The van der Waals surface area contributed by atoms with E-state index in [0.29, 0.717) is 0 Å². The Labute approximate surface area is 149 Å². The molecule has 0 nitrogen and oxygen atoms in total. The van der Waals surface area contributed by atoms with Gasteiger partial charge in [-0.3, -0.25) is 0 Å². The lowest BCUT2D eigenvalue weighted by molar-refractivity contribution is 1.43. The fourth-order valence-electron chi connectivity index (χ4n) is 3.33. The molecule has 1 aliphatic carbocycles. The minimum absolute atomic E-state index is 1.12. The molecule has 0 saturated heterocycles. The van der Waals surface area contributed by atoms with Crippen molar-refractivity contribution in [3.63, 3.8) is 0 Å². The largest absolute Gasteiger partial charge is 0.0905 e. The van der Waals surface area contributed by atoms with Crippen LogP contribution in [-0.4, -0.2) is 0 Å². The lowest BCUT2D eigenvalue weighted by atomic mass is 9.72. The van der Waals surface area contributed by atoms with Gasteiger partial charge in [0.1, 0.15) is 0 Å². The molecular formula is C25H20. The van der Waals surface area contributed by atoms with Gasteiger partial charge in [-0.25, -0.2) is 0 Å². The van der Waals surface area contributed by atoms with Gasteiger partial charge in [0.15, 0.2) is 0 Å². The van der Waals surface area contributed by atoms with Crippen LogP contribution in [0, 0.1) is 6.92 Å². The van der Waals surface area contributed by atoms with Crippen LogP contribution < -0.4 is 0 Å². The Morgan fingerprint density at radius 1 is 0.640 bits per heavy atom. The zero-order chi connectivity index (χ0) is 17.2. The standard InChI is InChI=1S/C25H20/c1-18-13-15-20(16-14-18)17-23-19(2)24(21-9-5-3-6-10-21)25(23)22-11-7-4-8-12-22/h3-17H,2H2,1H3/b23-17+. The Kier molecular flexibility index (Phi) is 3.95. The van der Waals surface area contributed by atoms with E-state index in [2.05, 4.69) is 105 Å². The number of hydrogen-bond acceptors (Lipinski definition) is 0. The molecule has 0 N–H and O–H groups in total. The van der Waals surface area contributed by atoms with Crippen LogP contribution in [0.3, 0.4) is 0 Å². The topological polar surface area (TPSA) is 0 Å². The van der Waals surface area contributed by atoms with Crippen molar-refractivity contribution >= 4 is 17.2 Å². The van der Waals surface area contributed by atoms with Crippen LogP contribution in [0.5, 0.6) is 0 Å². The van der Waals surface area contributed by atoms with Crippen molar-refractivity contribution in [1.82, 2.24) is 0 Å². The monoisotopic (exact) mass is 320 g/mol. The van der Waals surface area contributed by atoms with Gasteiger partial charge in [0.2, 0.25) is 0 Å². The first kappa shape index (κ1) is 15.4. The molecule has 0 unspecified atom stereocenters. The number of benzene rings is 3. The van der Waals surface area contributed by atoms with Crippen molar-refractivity contribution in [2.24, 2.45) is 0 Å². The van der Waals surface area contributed by atoms with Gasteiger partial charge in [0.05, 0.1) is 0 Å². The summed E-state index contributed by atoms with van der Waals surface area (Å²) in [6.45, 7) is 6.48. The van der Waals surface area contributed by atoms with Crippen LogP contribution in [0.15, 0.2) is 103 Å². The van der Waals surface area contributed by atoms with Gasteiger partial charge < -0.3 is 0 Å². The van der Waals surface area contributed by atoms with E-state index in [-0.39, 0.29) is 0 Å². The normalized spacial score (nSPS) is 15.4. The summed E-state index contributed by atoms with van der Waals surface area (Å²) < 4.78 is 0. The Balaban J connectivity index is 1.87. The first-order valence-electron chi connectivity index (χ1n) is 8.57. The Morgan fingerprint density at radius 2 is 1.16 bits per heavy atom. The highest BCUT2D eigenvalue weighted by molar-refractivity contribution is 6.19. The number of aryl methyl sites for hydroxylation is 1. The molecular weight excluding hydrogens is 300 g/mol. The fourth-order valence-corrected chi connectivity index (χ4v) is 3.33. The van der Waals surface area contributed by atoms with E-state index < -0.39 is 0 Å². The molecule has 25 heavy (non-hydrogen) atoms. The molecule has 0 spiro atoms. The van der Waals surface area contributed by atoms with Gasteiger partial charge >= 0.3 is 0 Å². The van der Waals surface area contributed by atoms with E-state index in [0.717, 1.165) is 5.57 Å². The van der Waals surface area contributed by atoms with Crippen LogP contribution in [0.1, 0.15) is 22.3 Å². The van der Waals surface area contributed by atoms with Crippen molar-refractivity contribution in [3.8, 4) is 0 Å². The number of allylic oxidation sites excluding steroid dienone is 4. The van der Waals surface area contributed by atoms with Crippen molar-refractivity contribution in [3.05, 3.63) is 125 Å². The van der Waals surface area contributed by atoms with E-state index in [1.54, 1.807) is 0 Å². The molecule has 0 aromatic heterocycles. The summed E-state index contributed by atoms with van der Waals surface area (Å²) in [5.74, 6) is 0. The third-order valence-electron chi connectivity index (χ3n) is 4.66. The molecule has 0 aliphatic heterocycles. The average molecular weight is 320 g/mol. The van der Waals surface area contributed by atoms with E-state index in [1.807, 2.05) is 0 Å². The van der Waals surface area contributed by atoms with Gasteiger partial charge in [0.25, 0.3) is 0 Å². The lowest BCUT2D eigenvalue weighted by Gasteiger charge is -2.31. The molecule has 0 saturated carbocycles.